The van der Waals surface area contributed by atoms with Crippen LogP contribution in [0.3, 0.4) is 0 Å². The number of aromatic nitrogens is 4. The van der Waals surface area contributed by atoms with Gasteiger partial charge in [-0.05, 0) is 25.0 Å². The molecular formula is C18H21N7O3. The number of carbonyl (C=O) groups excluding carboxylic acids is 1. The third-order valence-corrected chi connectivity index (χ3v) is 4.75. The van der Waals surface area contributed by atoms with Crippen LogP contribution < -0.4 is 20.7 Å². The summed E-state index contributed by atoms with van der Waals surface area (Å²) in [6.07, 6.45) is 4.06. The number of nitrogens with one attached hydrogen (secondary N) is 3. The number of pyridine rings is 1. The Morgan fingerprint density at radius 3 is 2.93 bits per heavy atom. The van der Waals surface area contributed by atoms with E-state index in [0.717, 1.165) is 6.42 Å². The van der Waals surface area contributed by atoms with Gasteiger partial charge in [-0.2, -0.15) is 9.61 Å². The molecule has 1 aliphatic rings. The third kappa shape index (κ3) is 3.18. The maximum Gasteiger partial charge on any atom is 0.257 e. The van der Waals surface area contributed by atoms with Crippen molar-refractivity contribution in [2.24, 2.45) is 0 Å². The minimum Gasteiger partial charge on any atom is -0.480 e. The zero-order valence-electron chi connectivity index (χ0n) is 15.5. The van der Waals surface area contributed by atoms with Crippen LogP contribution in [0.15, 0.2) is 30.6 Å². The largest absolute Gasteiger partial charge is 0.480 e. The van der Waals surface area contributed by atoms with Gasteiger partial charge in [0.2, 0.25) is 5.88 Å². The predicted octanol–water partition coefficient (Wildman–Crippen LogP) is 1.17. The number of hydrogen-bond acceptors (Lipinski definition) is 8. The number of methoxy groups -OCH3 is 1. The molecule has 146 valence electrons. The van der Waals surface area contributed by atoms with E-state index < -0.39 is 6.10 Å². The van der Waals surface area contributed by atoms with Crippen molar-refractivity contribution in [3.05, 3.63) is 36.2 Å². The Hall–Kier alpha value is -3.40. The molecule has 1 aliphatic carbocycles. The smallest absolute Gasteiger partial charge is 0.257 e. The summed E-state index contributed by atoms with van der Waals surface area (Å²) in [6.45, 7) is 0. The minimum atomic E-state index is -0.498. The van der Waals surface area contributed by atoms with Crippen molar-refractivity contribution in [2.75, 3.05) is 24.8 Å². The lowest BCUT2D eigenvalue weighted by Gasteiger charge is -2.32. The Morgan fingerprint density at radius 2 is 2.25 bits per heavy atom. The molecule has 0 spiro atoms. The van der Waals surface area contributed by atoms with E-state index in [1.54, 1.807) is 29.9 Å². The topological polar surface area (TPSA) is 126 Å². The molecule has 0 saturated heterocycles. The number of hydrogen-bond donors (Lipinski definition) is 4. The maximum atomic E-state index is 12.7. The maximum absolute atomic E-state index is 12.7. The summed E-state index contributed by atoms with van der Waals surface area (Å²) in [5.41, 5.74) is 1.37. The number of amides is 1. The Morgan fingerprint density at radius 1 is 1.39 bits per heavy atom. The van der Waals surface area contributed by atoms with Gasteiger partial charge in [0.15, 0.2) is 5.65 Å². The molecule has 3 aromatic heterocycles. The van der Waals surface area contributed by atoms with Gasteiger partial charge < -0.3 is 25.8 Å². The van der Waals surface area contributed by atoms with E-state index in [2.05, 4.69) is 31.0 Å². The molecule has 4 rings (SSSR count). The summed E-state index contributed by atoms with van der Waals surface area (Å²) in [7, 11) is 3.30. The fourth-order valence-electron chi connectivity index (χ4n) is 3.05. The van der Waals surface area contributed by atoms with Gasteiger partial charge >= 0.3 is 0 Å². The highest BCUT2D eigenvalue weighted by Crippen LogP contribution is 2.27. The van der Waals surface area contributed by atoms with Gasteiger partial charge in [0, 0.05) is 19.3 Å². The monoisotopic (exact) mass is 383 g/mol. The normalized spacial score (nSPS) is 18.4. The van der Waals surface area contributed by atoms with Crippen LogP contribution in [-0.4, -0.2) is 56.9 Å². The number of aliphatic hydroxyl groups is 1. The quantitative estimate of drug-likeness (QED) is 0.500. The molecule has 3 heterocycles. The van der Waals surface area contributed by atoms with Crippen LogP contribution in [0.2, 0.25) is 0 Å². The molecule has 1 fully saturated rings. The molecule has 4 N–H and O–H groups in total. The van der Waals surface area contributed by atoms with Crippen LogP contribution in [-0.2, 0) is 0 Å². The van der Waals surface area contributed by atoms with Crippen molar-refractivity contribution in [3.63, 3.8) is 0 Å². The van der Waals surface area contributed by atoms with Gasteiger partial charge in [-0.3, -0.25) is 4.79 Å². The van der Waals surface area contributed by atoms with Crippen molar-refractivity contribution in [3.8, 4) is 5.88 Å². The molecule has 0 aromatic carbocycles. The van der Waals surface area contributed by atoms with Crippen LogP contribution >= 0.6 is 0 Å². The van der Waals surface area contributed by atoms with E-state index in [4.69, 9.17) is 4.74 Å². The molecular weight excluding hydrogens is 362 g/mol. The number of nitrogens with zero attached hydrogens (tertiary/aromatic N) is 4. The molecule has 2 unspecified atom stereocenters. The summed E-state index contributed by atoms with van der Waals surface area (Å²) in [6, 6.07) is 5.14. The van der Waals surface area contributed by atoms with E-state index in [1.807, 2.05) is 6.07 Å². The van der Waals surface area contributed by atoms with Crippen LogP contribution in [0.5, 0.6) is 5.88 Å². The highest BCUT2D eigenvalue weighted by molar-refractivity contribution is 6.00. The lowest BCUT2D eigenvalue weighted by Crippen LogP contribution is -2.50. The third-order valence-electron chi connectivity index (χ3n) is 4.75. The Labute approximate surface area is 161 Å². The van der Waals surface area contributed by atoms with Crippen molar-refractivity contribution in [1.82, 2.24) is 24.9 Å². The molecule has 2 atom stereocenters. The van der Waals surface area contributed by atoms with Gasteiger partial charge in [0.05, 0.1) is 25.5 Å². The standard InChI is InChI=1S/C18H21N7O3/c1-19-15-8-14(22-12-4-3-7-20-18(12)28-2)24-16-10(9-21-25(15)16)17(27)23-11-5-6-13(11)26/h3-4,7-9,11,13,19,26H,5-6H2,1-2H3,(H,22,24)(H,23,27). The average Bonchev–Trinajstić information content (AvgIpc) is 3.14. The fourth-order valence-corrected chi connectivity index (χ4v) is 3.05. The van der Waals surface area contributed by atoms with Gasteiger partial charge in [0.1, 0.15) is 22.9 Å². The molecule has 10 heteroatoms. The van der Waals surface area contributed by atoms with Gasteiger partial charge in [-0.1, -0.05) is 0 Å². The van der Waals surface area contributed by atoms with Crippen molar-refractivity contribution < 1.29 is 14.6 Å². The molecule has 28 heavy (non-hydrogen) atoms. The second kappa shape index (κ2) is 7.31. The highest BCUT2D eigenvalue weighted by atomic mass is 16.5. The summed E-state index contributed by atoms with van der Waals surface area (Å²) >= 11 is 0. The second-order valence-corrected chi connectivity index (χ2v) is 6.48. The molecule has 1 amide bonds. The summed E-state index contributed by atoms with van der Waals surface area (Å²) in [5.74, 6) is 1.27. The van der Waals surface area contributed by atoms with E-state index in [1.165, 1.54) is 13.3 Å². The SMILES string of the molecule is CNc1cc(Nc2cccnc2OC)nc2c(C(=O)NC3CCC3O)cnn12. The molecule has 0 aliphatic heterocycles. The number of aliphatic hydroxyl groups excluding tert-OH is 1. The van der Waals surface area contributed by atoms with Gasteiger partial charge in [0.25, 0.3) is 5.91 Å². The number of carbonyl (C=O) groups is 1. The first-order valence-electron chi connectivity index (χ1n) is 8.92. The van der Waals surface area contributed by atoms with Crippen molar-refractivity contribution in [2.45, 2.75) is 25.0 Å². The Balaban J connectivity index is 1.69. The Kier molecular flexibility index (Phi) is 4.70. The van der Waals surface area contributed by atoms with E-state index in [0.29, 0.717) is 40.8 Å². The van der Waals surface area contributed by atoms with Crippen LogP contribution in [0.25, 0.3) is 5.65 Å². The molecule has 0 bridgehead atoms. The lowest BCUT2D eigenvalue weighted by atomic mass is 9.89. The van der Waals surface area contributed by atoms with Crippen molar-refractivity contribution in [1.29, 1.82) is 0 Å². The number of ether oxygens (including phenoxy) is 1. The fraction of sp³-hybridized carbons (Fsp3) is 0.333. The summed E-state index contributed by atoms with van der Waals surface area (Å²) in [5, 5.41) is 23.0. The van der Waals surface area contributed by atoms with Crippen molar-refractivity contribution >= 4 is 28.9 Å². The predicted molar refractivity (Wildman–Crippen MR) is 103 cm³/mol. The molecule has 1 saturated carbocycles. The summed E-state index contributed by atoms with van der Waals surface area (Å²) < 4.78 is 6.81. The average molecular weight is 383 g/mol. The first-order chi connectivity index (χ1) is 13.6. The minimum absolute atomic E-state index is 0.229. The van der Waals surface area contributed by atoms with Crippen LogP contribution in [0.4, 0.5) is 17.3 Å². The Bertz CT molecular complexity index is 1020. The zero-order valence-corrected chi connectivity index (χ0v) is 15.5. The van der Waals surface area contributed by atoms with Crippen LogP contribution in [0, 0.1) is 0 Å². The number of fused-ring (bicyclic) bond motifs is 1. The first-order valence-corrected chi connectivity index (χ1v) is 8.92. The van der Waals surface area contributed by atoms with Gasteiger partial charge in [-0.15, -0.1) is 0 Å². The number of anilines is 3. The number of rotatable bonds is 6. The van der Waals surface area contributed by atoms with E-state index in [-0.39, 0.29) is 11.9 Å². The zero-order chi connectivity index (χ0) is 19.7. The molecule has 10 nitrogen and oxygen atoms in total. The van der Waals surface area contributed by atoms with Gasteiger partial charge in [-0.25, -0.2) is 9.97 Å². The summed E-state index contributed by atoms with van der Waals surface area (Å²) in [4.78, 5) is 21.4. The van der Waals surface area contributed by atoms with Crippen LogP contribution in [0.1, 0.15) is 23.2 Å². The molecule has 3 aromatic rings. The van der Waals surface area contributed by atoms with E-state index in [9.17, 15) is 9.90 Å². The molecule has 0 radical (unpaired) electrons. The first kappa shape index (κ1) is 18.0. The second-order valence-electron chi connectivity index (χ2n) is 6.48. The van der Waals surface area contributed by atoms with E-state index >= 15 is 0 Å². The highest BCUT2D eigenvalue weighted by Gasteiger charge is 2.31. The lowest BCUT2D eigenvalue weighted by molar-refractivity contribution is 0.0448.